The summed E-state index contributed by atoms with van der Waals surface area (Å²) in [5.41, 5.74) is 0.970. The van der Waals surface area contributed by atoms with Crippen LogP contribution in [0.15, 0.2) is 45.8 Å². The van der Waals surface area contributed by atoms with Crippen LogP contribution in [0.4, 0.5) is 5.69 Å². The maximum Gasteiger partial charge on any atom is 0.269 e. The minimum absolute atomic E-state index is 0. The zero-order chi connectivity index (χ0) is 20.6. The van der Waals surface area contributed by atoms with Crippen LogP contribution in [0.2, 0.25) is 0 Å². The average molecular weight is 528 g/mol. The molecule has 9 heteroatoms. The molecule has 1 aliphatic heterocycles. The van der Waals surface area contributed by atoms with E-state index in [-0.39, 0.29) is 41.8 Å². The molecule has 2 atom stereocenters. The van der Waals surface area contributed by atoms with Crippen LogP contribution in [0.3, 0.4) is 0 Å². The number of nitrogens with one attached hydrogen (secondary N) is 2. The third kappa shape index (κ3) is 7.28. The van der Waals surface area contributed by atoms with E-state index in [1.54, 1.807) is 12.1 Å². The number of aryl methyl sites for hydroxylation is 1. The standard InChI is InChI=1S/C21H28N4O4.HI/c1-15-6-11-20(29-15)16(2)24-21(23-14-19-5-3-4-12-28-19)22-13-17-7-9-18(10-8-17)25(26)27;/h6-11,16,19H,3-5,12-14H2,1-2H3,(H2,22,23,24);1H. The molecule has 1 aromatic carbocycles. The highest BCUT2D eigenvalue weighted by Crippen LogP contribution is 2.16. The van der Waals surface area contributed by atoms with Gasteiger partial charge in [0.1, 0.15) is 11.5 Å². The third-order valence-corrected chi connectivity index (χ3v) is 4.88. The van der Waals surface area contributed by atoms with Gasteiger partial charge < -0.3 is 19.8 Å². The Kier molecular flexibility index (Phi) is 9.57. The monoisotopic (exact) mass is 528 g/mol. The first kappa shape index (κ1) is 24.1. The first-order valence-corrected chi connectivity index (χ1v) is 9.97. The molecule has 2 N–H and O–H groups in total. The molecule has 1 saturated heterocycles. The topological polar surface area (TPSA) is 102 Å². The number of hydrogen-bond acceptors (Lipinski definition) is 5. The van der Waals surface area contributed by atoms with Crippen LogP contribution in [-0.4, -0.2) is 30.1 Å². The molecule has 2 aromatic rings. The van der Waals surface area contributed by atoms with Gasteiger partial charge in [-0.25, -0.2) is 4.99 Å². The smallest absolute Gasteiger partial charge is 0.269 e. The SMILES string of the molecule is Cc1ccc(C(C)NC(=NCc2ccc([N+](=O)[O-])cc2)NCC2CCCCO2)o1.I. The summed E-state index contributed by atoms with van der Waals surface area (Å²) < 4.78 is 11.5. The van der Waals surface area contributed by atoms with Gasteiger partial charge >= 0.3 is 0 Å². The quantitative estimate of drug-likeness (QED) is 0.181. The summed E-state index contributed by atoms with van der Waals surface area (Å²) in [5, 5.41) is 17.5. The summed E-state index contributed by atoms with van der Waals surface area (Å²) in [6.45, 7) is 5.81. The first-order chi connectivity index (χ1) is 14.0. The molecule has 8 nitrogen and oxygen atoms in total. The molecule has 2 heterocycles. The van der Waals surface area contributed by atoms with Crippen LogP contribution >= 0.6 is 24.0 Å². The van der Waals surface area contributed by atoms with Gasteiger partial charge in [-0.3, -0.25) is 10.1 Å². The van der Waals surface area contributed by atoms with Crippen molar-refractivity contribution in [1.29, 1.82) is 0 Å². The van der Waals surface area contributed by atoms with Crippen LogP contribution in [0.1, 0.15) is 49.3 Å². The molecule has 1 aromatic heterocycles. The lowest BCUT2D eigenvalue weighted by molar-refractivity contribution is -0.384. The normalized spacial score (nSPS) is 17.7. The molecule has 0 saturated carbocycles. The highest BCUT2D eigenvalue weighted by molar-refractivity contribution is 14.0. The molecule has 1 aliphatic rings. The number of non-ortho nitro benzene ring substituents is 1. The molecule has 0 spiro atoms. The molecule has 0 bridgehead atoms. The second-order valence-corrected chi connectivity index (χ2v) is 7.27. The molecule has 0 amide bonds. The van der Waals surface area contributed by atoms with Crippen molar-refractivity contribution in [3.8, 4) is 0 Å². The number of nitro groups is 1. The van der Waals surface area contributed by atoms with Crippen molar-refractivity contribution in [1.82, 2.24) is 10.6 Å². The van der Waals surface area contributed by atoms with E-state index in [0.29, 0.717) is 19.0 Å². The molecule has 1 fully saturated rings. The minimum Gasteiger partial charge on any atom is -0.464 e. The lowest BCUT2D eigenvalue weighted by Gasteiger charge is -2.24. The Morgan fingerprint density at radius 2 is 2.03 bits per heavy atom. The molecular formula is C21H29IN4O4. The van der Waals surface area contributed by atoms with E-state index < -0.39 is 4.92 Å². The fourth-order valence-electron chi connectivity index (χ4n) is 3.19. The van der Waals surface area contributed by atoms with E-state index in [1.807, 2.05) is 26.0 Å². The second kappa shape index (κ2) is 11.9. The van der Waals surface area contributed by atoms with E-state index in [4.69, 9.17) is 9.15 Å². The van der Waals surface area contributed by atoms with Crippen LogP contribution < -0.4 is 10.6 Å². The van der Waals surface area contributed by atoms with Crippen molar-refractivity contribution in [2.75, 3.05) is 13.2 Å². The summed E-state index contributed by atoms with van der Waals surface area (Å²) in [6.07, 6.45) is 3.51. The van der Waals surface area contributed by atoms with Gasteiger partial charge in [0, 0.05) is 25.3 Å². The van der Waals surface area contributed by atoms with Gasteiger partial charge in [-0.15, -0.1) is 24.0 Å². The predicted octanol–water partition coefficient (Wildman–Crippen LogP) is 4.48. The van der Waals surface area contributed by atoms with E-state index in [0.717, 1.165) is 36.5 Å². The van der Waals surface area contributed by atoms with Gasteiger partial charge in [0.25, 0.3) is 5.69 Å². The fourth-order valence-corrected chi connectivity index (χ4v) is 3.19. The molecule has 0 aliphatic carbocycles. The Morgan fingerprint density at radius 1 is 1.27 bits per heavy atom. The highest BCUT2D eigenvalue weighted by Gasteiger charge is 2.16. The fraction of sp³-hybridized carbons (Fsp3) is 0.476. The van der Waals surface area contributed by atoms with Gasteiger partial charge in [0.05, 0.1) is 23.6 Å². The van der Waals surface area contributed by atoms with Gasteiger partial charge in [0.15, 0.2) is 5.96 Å². The lowest BCUT2D eigenvalue weighted by Crippen LogP contribution is -2.43. The van der Waals surface area contributed by atoms with Crippen molar-refractivity contribution in [2.45, 2.75) is 51.8 Å². The number of aliphatic imine (C=N–C) groups is 1. The summed E-state index contributed by atoms with van der Waals surface area (Å²) in [7, 11) is 0. The largest absolute Gasteiger partial charge is 0.464 e. The number of ether oxygens (including phenoxy) is 1. The van der Waals surface area contributed by atoms with Crippen LogP contribution in [0.5, 0.6) is 0 Å². The van der Waals surface area contributed by atoms with Gasteiger partial charge in [-0.2, -0.15) is 0 Å². The molecule has 164 valence electrons. The van der Waals surface area contributed by atoms with Crippen molar-refractivity contribution in [2.24, 2.45) is 4.99 Å². The Hall–Kier alpha value is -2.14. The van der Waals surface area contributed by atoms with E-state index in [9.17, 15) is 10.1 Å². The zero-order valence-corrected chi connectivity index (χ0v) is 19.6. The second-order valence-electron chi connectivity index (χ2n) is 7.27. The van der Waals surface area contributed by atoms with Gasteiger partial charge in [-0.05, 0) is 50.8 Å². The number of furan rings is 1. The van der Waals surface area contributed by atoms with E-state index in [1.165, 1.54) is 18.6 Å². The van der Waals surface area contributed by atoms with E-state index >= 15 is 0 Å². The number of nitrogens with zero attached hydrogens (tertiary/aromatic N) is 2. The minimum atomic E-state index is -0.404. The molecular weight excluding hydrogens is 499 g/mol. The number of benzene rings is 1. The molecule has 30 heavy (non-hydrogen) atoms. The Bertz CT molecular complexity index is 832. The average Bonchev–Trinajstić information content (AvgIpc) is 3.17. The van der Waals surface area contributed by atoms with Crippen LogP contribution in [-0.2, 0) is 11.3 Å². The number of rotatable bonds is 7. The number of nitro benzene ring substituents is 1. The summed E-state index contributed by atoms with van der Waals surface area (Å²) in [4.78, 5) is 15.1. The lowest BCUT2D eigenvalue weighted by atomic mass is 10.1. The number of hydrogen-bond donors (Lipinski definition) is 2. The van der Waals surface area contributed by atoms with Gasteiger partial charge in [-0.1, -0.05) is 12.1 Å². The van der Waals surface area contributed by atoms with Crippen molar-refractivity contribution in [3.05, 3.63) is 63.6 Å². The molecule has 2 unspecified atom stereocenters. The number of halogens is 1. The van der Waals surface area contributed by atoms with Gasteiger partial charge in [0.2, 0.25) is 0 Å². The van der Waals surface area contributed by atoms with Crippen LogP contribution in [0, 0.1) is 17.0 Å². The zero-order valence-electron chi connectivity index (χ0n) is 17.3. The maximum absolute atomic E-state index is 10.8. The first-order valence-electron chi connectivity index (χ1n) is 9.97. The maximum atomic E-state index is 10.8. The van der Waals surface area contributed by atoms with Crippen molar-refractivity contribution >= 4 is 35.6 Å². The van der Waals surface area contributed by atoms with Crippen molar-refractivity contribution in [3.63, 3.8) is 0 Å². The molecule has 0 radical (unpaired) electrons. The van der Waals surface area contributed by atoms with E-state index in [2.05, 4.69) is 15.6 Å². The highest BCUT2D eigenvalue weighted by atomic mass is 127. The Morgan fingerprint density at radius 3 is 2.63 bits per heavy atom. The predicted molar refractivity (Wildman–Crippen MR) is 126 cm³/mol. The summed E-state index contributed by atoms with van der Waals surface area (Å²) in [6, 6.07) is 10.3. The summed E-state index contributed by atoms with van der Waals surface area (Å²) >= 11 is 0. The Labute approximate surface area is 193 Å². The third-order valence-electron chi connectivity index (χ3n) is 4.88. The van der Waals surface area contributed by atoms with Crippen LogP contribution in [0.25, 0.3) is 0 Å². The van der Waals surface area contributed by atoms with Crippen molar-refractivity contribution < 1.29 is 14.1 Å². The summed E-state index contributed by atoms with van der Waals surface area (Å²) in [5.74, 6) is 2.35. The Balaban J connectivity index is 0.00000320. The number of guanidine groups is 1. The molecule has 3 rings (SSSR count).